The summed E-state index contributed by atoms with van der Waals surface area (Å²) in [6.07, 6.45) is 3.45. The molecular formula is C11H16N4O2S2. The second-order valence-electron chi connectivity index (χ2n) is 4.20. The lowest BCUT2D eigenvalue weighted by Gasteiger charge is -2.13. The van der Waals surface area contributed by atoms with E-state index in [0.717, 1.165) is 4.88 Å². The van der Waals surface area contributed by atoms with Crippen molar-refractivity contribution in [3.05, 3.63) is 34.8 Å². The zero-order valence-corrected chi connectivity index (χ0v) is 12.1. The predicted molar refractivity (Wildman–Crippen MR) is 74.2 cm³/mol. The third kappa shape index (κ3) is 3.63. The Morgan fingerprint density at radius 3 is 2.95 bits per heavy atom. The summed E-state index contributed by atoms with van der Waals surface area (Å²) in [4.78, 5) is 1.12. The summed E-state index contributed by atoms with van der Waals surface area (Å²) < 4.78 is 28.6. The molecule has 0 aromatic carbocycles. The second-order valence-corrected chi connectivity index (χ2v) is 6.91. The highest BCUT2D eigenvalue weighted by Crippen LogP contribution is 2.18. The summed E-state index contributed by atoms with van der Waals surface area (Å²) in [6.45, 7) is 2.64. The van der Waals surface area contributed by atoms with E-state index >= 15 is 0 Å². The molecular weight excluding hydrogens is 284 g/mol. The summed E-state index contributed by atoms with van der Waals surface area (Å²) in [7, 11) is -3.49. The van der Waals surface area contributed by atoms with Crippen molar-refractivity contribution in [2.75, 3.05) is 0 Å². The Morgan fingerprint density at radius 1 is 1.58 bits per heavy atom. The third-order valence-corrected chi connectivity index (χ3v) is 5.19. The van der Waals surface area contributed by atoms with E-state index in [-0.39, 0.29) is 10.9 Å². The van der Waals surface area contributed by atoms with Crippen LogP contribution in [-0.4, -0.2) is 24.2 Å². The van der Waals surface area contributed by atoms with Crippen molar-refractivity contribution in [2.24, 2.45) is 5.73 Å². The highest BCUT2D eigenvalue weighted by Gasteiger charge is 2.19. The van der Waals surface area contributed by atoms with E-state index in [4.69, 9.17) is 5.73 Å². The largest absolute Gasteiger partial charge is 0.326 e. The van der Waals surface area contributed by atoms with Gasteiger partial charge in [-0.2, -0.15) is 5.10 Å². The standard InChI is InChI=1S/C11H16N4O2S2/c1-9(7-15-4-2-3-13-15)14-19(16,17)11-5-10(6-12)18-8-11/h2-5,8-9,14H,6-7,12H2,1H3. The average Bonchev–Trinajstić information content (AvgIpc) is 2.97. The maximum absolute atomic E-state index is 12.1. The maximum Gasteiger partial charge on any atom is 0.241 e. The minimum Gasteiger partial charge on any atom is -0.326 e. The number of thiophene rings is 1. The fourth-order valence-corrected chi connectivity index (χ4v) is 4.06. The number of hydrogen-bond donors (Lipinski definition) is 2. The van der Waals surface area contributed by atoms with Crippen LogP contribution in [0.5, 0.6) is 0 Å². The zero-order chi connectivity index (χ0) is 13.9. The first-order chi connectivity index (χ1) is 9.01. The number of rotatable bonds is 6. The van der Waals surface area contributed by atoms with Gasteiger partial charge in [-0.1, -0.05) is 0 Å². The Labute approximate surface area is 116 Å². The summed E-state index contributed by atoms with van der Waals surface area (Å²) >= 11 is 1.35. The van der Waals surface area contributed by atoms with Crippen LogP contribution in [0.2, 0.25) is 0 Å². The summed E-state index contributed by atoms with van der Waals surface area (Å²) in [6, 6.07) is 3.16. The quantitative estimate of drug-likeness (QED) is 0.824. The van der Waals surface area contributed by atoms with E-state index in [0.29, 0.717) is 13.1 Å². The van der Waals surface area contributed by atoms with Crippen LogP contribution in [0, 0.1) is 0 Å². The van der Waals surface area contributed by atoms with E-state index < -0.39 is 10.0 Å². The molecule has 0 spiro atoms. The van der Waals surface area contributed by atoms with Crippen molar-refractivity contribution >= 4 is 21.4 Å². The lowest BCUT2D eigenvalue weighted by Crippen LogP contribution is -2.35. The molecule has 0 radical (unpaired) electrons. The molecule has 1 unspecified atom stereocenters. The van der Waals surface area contributed by atoms with Crippen molar-refractivity contribution in [3.8, 4) is 0 Å². The summed E-state index contributed by atoms with van der Waals surface area (Å²) in [5.41, 5.74) is 5.48. The summed E-state index contributed by atoms with van der Waals surface area (Å²) in [5.74, 6) is 0. The molecule has 2 aromatic rings. The Balaban J connectivity index is 2.04. The molecule has 0 aliphatic rings. The molecule has 0 saturated carbocycles. The van der Waals surface area contributed by atoms with Crippen LogP contribution in [0.4, 0.5) is 0 Å². The molecule has 0 aliphatic heterocycles. The van der Waals surface area contributed by atoms with Crippen molar-refractivity contribution < 1.29 is 8.42 Å². The smallest absolute Gasteiger partial charge is 0.241 e. The number of nitrogens with one attached hydrogen (secondary N) is 1. The Bertz CT molecular complexity index is 619. The van der Waals surface area contributed by atoms with Crippen LogP contribution in [-0.2, 0) is 23.1 Å². The Hall–Kier alpha value is -1.22. The number of hydrogen-bond acceptors (Lipinski definition) is 5. The minimum absolute atomic E-state index is 0.244. The first kappa shape index (κ1) is 14.2. The van der Waals surface area contributed by atoms with Crippen molar-refractivity contribution in [2.45, 2.75) is 31.0 Å². The highest BCUT2D eigenvalue weighted by molar-refractivity contribution is 7.89. The van der Waals surface area contributed by atoms with Gasteiger partial charge >= 0.3 is 0 Å². The molecule has 2 heterocycles. The van der Waals surface area contributed by atoms with E-state index in [1.165, 1.54) is 11.3 Å². The monoisotopic (exact) mass is 300 g/mol. The molecule has 0 aliphatic carbocycles. The minimum atomic E-state index is -3.49. The lowest BCUT2D eigenvalue weighted by atomic mass is 10.4. The number of sulfonamides is 1. The number of nitrogens with zero attached hydrogens (tertiary/aromatic N) is 2. The predicted octanol–water partition coefficient (Wildman–Crippen LogP) is 0.770. The molecule has 2 aromatic heterocycles. The molecule has 0 fully saturated rings. The van der Waals surface area contributed by atoms with Gasteiger partial charge in [-0.25, -0.2) is 13.1 Å². The van der Waals surface area contributed by atoms with E-state index in [2.05, 4.69) is 9.82 Å². The fourth-order valence-electron chi connectivity index (χ4n) is 1.67. The van der Waals surface area contributed by atoms with Gasteiger partial charge in [-0.3, -0.25) is 4.68 Å². The van der Waals surface area contributed by atoms with Gasteiger partial charge in [0.2, 0.25) is 10.0 Å². The molecule has 104 valence electrons. The first-order valence-corrected chi connectivity index (χ1v) is 8.15. The SMILES string of the molecule is CC(Cn1cccn1)NS(=O)(=O)c1csc(CN)c1. The molecule has 0 saturated heterocycles. The maximum atomic E-state index is 12.1. The third-order valence-electron chi connectivity index (χ3n) is 2.52. The molecule has 3 N–H and O–H groups in total. The van der Waals surface area contributed by atoms with E-state index in [1.807, 2.05) is 0 Å². The number of nitrogens with two attached hydrogens (primary N) is 1. The fraction of sp³-hybridized carbons (Fsp3) is 0.364. The van der Waals surface area contributed by atoms with Crippen molar-refractivity contribution in [1.82, 2.24) is 14.5 Å². The second kappa shape index (κ2) is 5.83. The van der Waals surface area contributed by atoms with Gasteiger partial charge in [0.05, 0.1) is 11.4 Å². The molecule has 6 nitrogen and oxygen atoms in total. The van der Waals surface area contributed by atoms with Crippen molar-refractivity contribution in [3.63, 3.8) is 0 Å². The van der Waals surface area contributed by atoms with Crippen LogP contribution in [0.25, 0.3) is 0 Å². The topological polar surface area (TPSA) is 90.0 Å². The molecule has 19 heavy (non-hydrogen) atoms. The highest BCUT2D eigenvalue weighted by atomic mass is 32.2. The first-order valence-electron chi connectivity index (χ1n) is 5.78. The molecule has 0 bridgehead atoms. The van der Waals surface area contributed by atoms with Crippen molar-refractivity contribution in [1.29, 1.82) is 0 Å². The van der Waals surface area contributed by atoms with Gasteiger partial charge in [-0.15, -0.1) is 11.3 Å². The van der Waals surface area contributed by atoms with Crippen LogP contribution in [0.1, 0.15) is 11.8 Å². The van der Waals surface area contributed by atoms with Gasteiger partial charge in [0.1, 0.15) is 0 Å². The molecule has 2 rings (SSSR count). The van der Waals surface area contributed by atoms with Crippen LogP contribution in [0.15, 0.2) is 34.8 Å². The molecule has 1 atom stereocenters. The number of aromatic nitrogens is 2. The van der Waals surface area contributed by atoms with E-state index in [9.17, 15) is 8.42 Å². The molecule has 8 heteroatoms. The van der Waals surface area contributed by atoms with Gasteiger partial charge < -0.3 is 5.73 Å². The van der Waals surface area contributed by atoms with Gasteiger partial charge in [0, 0.05) is 35.2 Å². The average molecular weight is 300 g/mol. The van der Waals surface area contributed by atoms with Gasteiger partial charge in [-0.05, 0) is 19.1 Å². The van der Waals surface area contributed by atoms with Crippen LogP contribution in [0.3, 0.4) is 0 Å². The summed E-state index contributed by atoms with van der Waals surface area (Å²) in [5, 5.41) is 5.65. The molecule has 0 amide bonds. The lowest BCUT2D eigenvalue weighted by molar-refractivity contribution is 0.494. The van der Waals surface area contributed by atoms with E-state index in [1.54, 1.807) is 41.5 Å². The van der Waals surface area contributed by atoms with Crippen LogP contribution >= 0.6 is 11.3 Å². The van der Waals surface area contributed by atoms with Gasteiger partial charge in [0.25, 0.3) is 0 Å². The van der Waals surface area contributed by atoms with Crippen LogP contribution < -0.4 is 10.5 Å². The zero-order valence-electron chi connectivity index (χ0n) is 10.5. The Morgan fingerprint density at radius 2 is 2.37 bits per heavy atom. The van der Waals surface area contributed by atoms with Gasteiger partial charge in [0.15, 0.2) is 0 Å². The Kier molecular flexibility index (Phi) is 4.35. The normalized spacial score (nSPS) is 13.6.